The molecule has 5 heteroatoms. The van der Waals surface area contributed by atoms with E-state index in [9.17, 15) is 9.59 Å². The van der Waals surface area contributed by atoms with Crippen LogP contribution in [0.2, 0.25) is 0 Å². The van der Waals surface area contributed by atoms with Crippen LogP contribution in [0.25, 0.3) is 0 Å². The fraction of sp³-hybridized carbons (Fsp3) is 0.778. The van der Waals surface area contributed by atoms with Crippen molar-refractivity contribution >= 4 is 11.8 Å². The van der Waals surface area contributed by atoms with Crippen molar-refractivity contribution in [3.63, 3.8) is 0 Å². The number of carbonyl (C=O) groups is 2. The van der Waals surface area contributed by atoms with Gasteiger partial charge in [-0.3, -0.25) is 9.59 Å². The molecule has 0 aliphatic carbocycles. The number of primary amides is 1. The zero-order chi connectivity index (χ0) is 11.1. The van der Waals surface area contributed by atoms with Crippen molar-refractivity contribution in [3.8, 4) is 0 Å². The highest BCUT2D eigenvalue weighted by Gasteiger charge is 2.18. The zero-order valence-corrected chi connectivity index (χ0v) is 8.96. The van der Waals surface area contributed by atoms with Gasteiger partial charge in [0, 0.05) is 6.04 Å². The molecular weight excluding hydrogens is 182 g/mol. The maximum Gasteiger partial charge on any atom is 0.235 e. The van der Waals surface area contributed by atoms with Gasteiger partial charge in [0.15, 0.2) is 0 Å². The van der Waals surface area contributed by atoms with Crippen LogP contribution in [-0.2, 0) is 9.59 Å². The van der Waals surface area contributed by atoms with Crippen LogP contribution in [0.1, 0.15) is 27.2 Å². The first kappa shape index (κ1) is 12.9. The first-order chi connectivity index (χ1) is 6.47. The SMILES string of the molecule is CCNC(CC(=O)NC(C)C)C(N)=O. The quantitative estimate of drug-likeness (QED) is 0.534. The third-order valence-electron chi connectivity index (χ3n) is 1.63. The number of carbonyl (C=O) groups excluding carboxylic acids is 2. The van der Waals surface area contributed by atoms with Crippen molar-refractivity contribution < 1.29 is 9.59 Å². The van der Waals surface area contributed by atoms with E-state index < -0.39 is 11.9 Å². The molecule has 0 spiro atoms. The number of hydrogen-bond acceptors (Lipinski definition) is 3. The fourth-order valence-corrected chi connectivity index (χ4v) is 1.09. The van der Waals surface area contributed by atoms with Gasteiger partial charge in [0.1, 0.15) is 0 Å². The van der Waals surface area contributed by atoms with Crippen LogP contribution in [0.3, 0.4) is 0 Å². The molecule has 5 nitrogen and oxygen atoms in total. The summed E-state index contributed by atoms with van der Waals surface area (Å²) in [5.74, 6) is -0.657. The molecule has 14 heavy (non-hydrogen) atoms. The lowest BCUT2D eigenvalue weighted by Gasteiger charge is -2.15. The van der Waals surface area contributed by atoms with Crippen LogP contribution in [-0.4, -0.2) is 30.4 Å². The molecule has 2 amide bonds. The number of likely N-dealkylation sites (N-methyl/N-ethyl adjacent to an activating group) is 1. The standard InChI is InChI=1S/C9H19N3O2/c1-4-11-7(9(10)14)5-8(13)12-6(2)3/h6-7,11H,4-5H2,1-3H3,(H2,10,14)(H,12,13). The van der Waals surface area contributed by atoms with Crippen LogP contribution in [0.15, 0.2) is 0 Å². The predicted molar refractivity (Wildman–Crippen MR) is 54.6 cm³/mol. The van der Waals surface area contributed by atoms with Gasteiger partial charge in [0.05, 0.1) is 12.5 Å². The minimum atomic E-state index is -0.571. The molecule has 0 bridgehead atoms. The molecule has 0 rings (SSSR count). The summed E-state index contributed by atoms with van der Waals surface area (Å²) in [6.45, 7) is 6.20. The third kappa shape index (κ3) is 5.53. The Kier molecular flexibility index (Phi) is 5.87. The Morgan fingerprint density at radius 2 is 1.93 bits per heavy atom. The average molecular weight is 201 g/mol. The lowest BCUT2D eigenvalue weighted by atomic mass is 10.2. The topological polar surface area (TPSA) is 84.2 Å². The monoisotopic (exact) mass is 201 g/mol. The molecule has 0 aromatic rings. The van der Waals surface area contributed by atoms with Crippen LogP contribution in [0, 0.1) is 0 Å². The number of nitrogens with two attached hydrogens (primary N) is 1. The molecule has 0 fully saturated rings. The number of amides is 2. The van der Waals surface area contributed by atoms with E-state index in [1.165, 1.54) is 0 Å². The lowest BCUT2D eigenvalue weighted by Crippen LogP contribution is -2.45. The van der Waals surface area contributed by atoms with E-state index in [1.807, 2.05) is 20.8 Å². The van der Waals surface area contributed by atoms with Crippen molar-refractivity contribution in [2.24, 2.45) is 5.73 Å². The maximum absolute atomic E-state index is 11.3. The van der Waals surface area contributed by atoms with Crippen molar-refractivity contribution in [2.45, 2.75) is 39.3 Å². The Bertz CT molecular complexity index is 204. The van der Waals surface area contributed by atoms with Crippen LogP contribution in [0.5, 0.6) is 0 Å². The van der Waals surface area contributed by atoms with Gasteiger partial charge in [0.25, 0.3) is 0 Å². The molecule has 0 aromatic heterocycles. The first-order valence-corrected chi connectivity index (χ1v) is 4.79. The summed E-state index contributed by atoms with van der Waals surface area (Å²) in [4.78, 5) is 22.2. The van der Waals surface area contributed by atoms with Crippen LogP contribution >= 0.6 is 0 Å². The molecule has 1 unspecified atom stereocenters. The third-order valence-corrected chi connectivity index (χ3v) is 1.63. The molecule has 0 saturated heterocycles. The Morgan fingerprint density at radius 1 is 1.36 bits per heavy atom. The second-order valence-electron chi connectivity index (χ2n) is 3.44. The summed E-state index contributed by atoms with van der Waals surface area (Å²) in [5, 5.41) is 5.55. The molecule has 82 valence electrons. The van der Waals surface area contributed by atoms with E-state index >= 15 is 0 Å². The number of hydrogen-bond donors (Lipinski definition) is 3. The Balaban J connectivity index is 4.02. The Morgan fingerprint density at radius 3 is 2.29 bits per heavy atom. The lowest BCUT2D eigenvalue weighted by molar-refractivity contribution is -0.127. The molecule has 0 heterocycles. The van der Waals surface area contributed by atoms with Crippen molar-refractivity contribution in [2.75, 3.05) is 6.54 Å². The minimum absolute atomic E-state index is 0.0812. The minimum Gasteiger partial charge on any atom is -0.368 e. The largest absolute Gasteiger partial charge is 0.368 e. The highest BCUT2D eigenvalue weighted by Crippen LogP contribution is 1.92. The van der Waals surface area contributed by atoms with E-state index in [-0.39, 0.29) is 18.4 Å². The van der Waals surface area contributed by atoms with Gasteiger partial charge in [-0.2, -0.15) is 0 Å². The second-order valence-corrected chi connectivity index (χ2v) is 3.44. The summed E-state index contributed by atoms with van der Waals surface area (Å²) in [6, 6.07) is -0.489. The molecule has 1 atom stereocenters. The number of nitrogens with one attached hydrogen (secondary N) is 2. The highest BCUT2D eigenvalue weighted by molar-refractivity contribution is 5.87. The molecule has 0 radical (unpaired) electrons. The Hall–Kier alpha value is -1.10. The average Bonchev–Trinajstić information content (AvgIpc) is 2.01. The molecule has 0 aliphatic heterocycles. The summed E-state index contributed by atoms with van der Waals surface area (Å²) < 4.78 is 0. The van der Waals surface area contributed by atoms with E-state index in [2.05, 4.69) is 10.6 Å². The second kappa shape index (κ2) is 6.37. The predicted octanol–water partition coefficient (Wildman–Crippen LogP) is -0.635. The molecule has 0 aromatic carbocycles. The molecular formula is C9H19N3O2. The highest BCUT2D eigenvalue weighted by atomic mass is 16.2. The van der Waals surface area contributed by atoms with Crippen LogP contribution < -0.4 is 16.4 Å². The van der Waals surface area contributed by atoms with Crippen LogP contribution in [0.4, 0.5) is 0 Å². The van der Waals surface area contributed by atoms with E-state index in [0.717, 1.165) is 0 Å². The van der Waals surface area contributed by atoms with Gasteiger partial charge in [-0.15, -0.1) is 0 Å². The zero-order valence-electron chi connectivity index (χ0n) is 8.96. The van der Waals surface area contributed by atoms with Crippen molar-refractivity contribution in [1.82, 2.24) is 10.6 Å². The number of rotatable bonds is 6. The Labute approximate surface area is 84.4 Å². The van der Waals surface area contributed by atoms with Gasteiger partial charge < -0.3 is 16.4 Å². The first-order valence-electron chi connectivity index (χ1n) is 4.79. The van der Waals surface area contributed by atoms with Gasteiger partial charge >= 0.3 is 0 Å². The van der Waals surface area contributed by atoms with Gasteiger partial charge in [-0.25, -0.2) is 0 Å². The smallest absolute Gasteiger partial charge is 0.235 e. The van der Waals surface area contributed by atoms with E-state index in [0.29, 0.717) is 6.54 Å². The molecule has 4 N–H and O–H groups in total. The van der Waals surface area contributed by atoms with Crippen molar-refractivity contribution in [1.29, 1.82) is 0 Å². The van der Waals surface area contributed by atoms with Gasteiger partial charge in [-0.05, 0) is 20.4 Å². The summed E-state index contributed by atoms with van der Waals surface area (Å²) in [6.07, 6.45) is 0.0986. The van der Waals surface area contributed by atoms with Gasteiger partial charge in [0.2, 0.25) is 11.8 Å². The summed E-state index contributed by atoms with van der Waals surface area (Å²) >= 11 is 0. The van der Waals surface area contributed by atoms with E-state index in [4.69, 9.17) is 5.73 Å². The molecule has 0 saturated carbocycles. The van der Waals surface area contributed by atoms with Crippen molar-refractivity contribution in [3.05, 3.63) is 0 Å². The fourth-order valence-electron chi connectivity index (χ4n) is 1.09. The van der Waals surface area contributed by atoms with Gasteiger partial charge in [-0.1, -0.05) is 6.92 Å². The molecule has 0 aliphatic rings. The maximum atomic E-state index is 11.3. The normalized spacial score (nSPS) is 12.6. The summed E-state index contributed by atoms with van der Waals surface area (Å²) in [5.41, 5.74) is 5.12. The van der Waals surface area contributed by atoms with E-state index in [1.54, 1.807) is 0 Å². The summed E-state index contributed by atoms with van der Waals surface area (Å²) in [7, 11) is 0.